The summed E-state index contributed by atoms with van der Waals surface area (Å²) < 4.78 is 33.0. The third kappa shape index (κ3) is 5.94. The molecule has 0 aromatic carbocycles. The molecular formula is C25H31N7O4S2. The smallest absolute Gasteiger partial charge is 0.280 e. The van der Waals surface area contributed by atoms with E-state index in [-0.39, 0.29) is 17.1 Å². The monoisotopic (exact) mass is 557 g/mol. The van der Waals surface area contributed by atoms with Gasteiger partial charge in [-0.15, -0.1) is 11.3 Å². The van der Waals surface area contributed by atoms with Crippen LogP contribution in [0.1, 0.15) is 54.1 Å². The van der Waals surface area contributed by atoms with Crippen LogP contribution >= 0.6 is 11.3 Å². The van der Waals surface area contributed by atoms with Crippen molar-refractivity contribution < 1.29 is 17.9 Å². The van der Waals surface area contributed by atoms with Crippen molar-refractivity contribution in [2.75, 3.05) is 25.4 Å². The minimum Gasteiger partial charge on any atom is -0.477 e. The van der Waals surface area contributed by atoms with Gasteiger partial charge in [-0.05, 0) is 64.8 Å². The van der Waals surface area contributed by atoms with Gasteiger partial charge in [0.25, 0.3) is 5.91 Å². The number of nitrogens with one attached hydrogen (secondary N) is 2. The average Bonchev–Trinajstić information content (AvgIpc) is 3.60. The molecule has 202 valence electrons. The quantitative estimate of drug-likeness (QED) is 0.364. The number of hydrogen-bond donors (Lipinski definition) is 2. The minimum atomic E-state index is -3.41. The number of ether oxygens (including phenoxy) is 1. The predicted octanol–water partition coefficient (Wildman–Crippen LogP) is 3.11. The second kappa shape index (κ2) is 10.9. The van der Waals surface area contributed by atoms with Crippen molar-refractivity contribution in [1.29, 1.82) is 0 Å². The number of rotatable bonds is 11. The molecule has 3 aromatic heterocycles. The maximum absolute atomic E-state index is 13.3. The fraction of sp³-hybridized carbons (Fsp3) is 0.480. The molecule has 5 rings (SSSR count). The molecule has 0 unspecified atom stereocenters. The van der Waals surface area contributed by atoms with E-state index in [2.05, 4.69) is 34.9 Å². The Morgan fingerprint density at radius 3 is 2.71 bits per heavy atom. The Kier molecular flexibility index (Phi) is 7.59. The molecule has 2 aliphatic carbocycles. The van der Waals surface area contributed by atoms with E-state index < -0.39 is 16.1 Å². The zero-order valence-electron chi connectivity index (χ0n) is 21.5. The Balaban J connectivity index is 1.36. The number of nitrogens with zero attached hydrogens (tertiary/aromatic N) is 5. The van der Waals surface area contributed by atoms with Crippen LogP contribution in [0.3, 0.4) is 0 Å². The summed E-state index contributed by atoms with van der Waals surface area (Å²) in [4.78, 5) is 33.7. The van der Waals surface area contributed by atoms with Gasteiger partial charge in [-0.1, -0.05) is 0 Å². The van der Waals surface area contributed by atoms with Gasteiger partial charge in [-0.25, -0.2) is 18.4 Å². The molecule has 3 aromatic rings. The van der Waals surface area contributed by atoms with Crippen molar-refractivity contribution in [2.45, 2.75) is 49.9 Å². The van der Waals surface area contributed by atoms with Gasteiger partial charge in [0.15, 0.2) is 5.01 Å². The number of hydrogen-bond acceptors (Lipinski definition) is 10. The number of sulfonamides is 1. The number of aromatic nitrogens is 4. The Morgan fingerprint density at radius 2 is 2.00 bits per heavy atom. The number of pyridine rings is 1. The summed E-state index contributed by atoms with van der Waals surface area (Å²) in [6.45, 7) is 2.35. The van der Waals surface area contributed by atoms with Gasteiger partial charge in [-0.2, -0.15) is 0 Å². The van der Waals surface area contributed by atoms with E-state index in [1.54, 1.807) is 30.7 Å². The first-order valence-corrected chi connectivity index (χ1v) is 15.0. The van der Waals surface area contributed by atoms with Gasteiger partial charge in [0, 0.05) is 18.4 Å². The van der Waals surface area contributed by atoms with E-state index in [4.69, 9.17) is 4.74 Å². The molecule has 0 bridgehead atoms. The average molecular weight is 558 g/mol. The van der Waals surface area contributed by atoms with Gasteiger partial charge in [-0.3, -0.25) is 19.5 Å². The standard InChI is InChI=1S/C25H31N7O4S2/c1-4-36-22-14-26-12-20(29-22)21-13-28-25(37-21)24(33)30-23(15-9-17(10-15)32(2)3)19-11-16(7-8-27-19)31-38(34,35)18-5-6-18/h7-8,11-15,17-18,23H,4-6,9-10H2,1-3H3,(H,27,31)(H,30,33)/t15-,17-,23-/m1/s1. The molecule has 0 aliphatic heterocycles. The Bertz CT molecular complexity index is 1400. The summed E-state index contributed by atoms with van der Waals surface area (Å²) in [7, 11) is 0.673. The lowest BCUT2D eigenvalue weighted by Crippen LogP contribution is -2.47. The first-order valence-electron chi connectivity index (χ1n) is 12.6. The van der Waals surface area contributed by atoms with E-state index in [0.29, 0.717) is 58.3 Å². The molecule has 2 fully saturated rings. The summed E-state index contributed by atoms with van der Waals surface area (Å²) in [5, 5.41) is 3.08. The van der Waals surface area contributed by atoms with Crippen LogP contribution < -0.4 is 14.8 Å². The number of thiazole rings is 1. The Morgan fingerprint density at radius 1 is 1.21 bits per heavy atom. The van der Waals surface area contributed by atoms with Crippen LogP contribution in [-0.4, -0.2) is 71.2 Å². The molecule has 2 saturated carbocycles. The topological polar surface area (TPSA) is 139 Å². The summed E-state index contributed by atoms with van der Waals surface area (Å²) in [6.07, 6.45) is 9.46. The zero-order valence-corrected chi connectivity index (χ0v) is 23.1. The van der Waals surface area contributed by atoms with Crippen molar-refractivity contribution in [3.63, 3.8) is 0 Å². The van der Waals surface area contributed by atoms with Crippen molar-refractivity contribution in [3.8, 4) is 16.5 Å². The highest BCUT2D eigenvalue weighted by molar-refractivity contribution is 7.93. The fourth-order valence-corrected chi connectivity index (χ4v) is 6.60. The van der Waals surface area contributed by atoms with Crippen LogP contribution in [0.15, 0.2) is 36.9 Å². The molecule has 13 heteroatoms. The number of anilines is 1. The van der Waals surface area contributed by atoms with Crippen LogP contribution in [0.4, 0.5) is 5.69 Å². The highest BCUT2D eigenvalue weighted by Crippen LogP contribution is 2.40. The van der Waals surface area contributed by atoms with E-state index in [1.165, 1.54) is 17.5 Å². The zero-order chi connectivity index (χ0) is 26.9. The fourth-order valence-electron chi connectivity index (χ4n) is 4.45. The lowest BCUT2D eigenvalue weighted by molar-refractivity contribution is 0.0757. The van der Waals surface area contributed by atoms with Crippen LogP contribution in [0.2, 0.25) is 0 Å². The van der Waals surface area contributed by atoms with Gasteiger partial charge >= 0.3 is 0 Å². The molecule has 0 saturated heterocycles. The summed E-state index contributed by atoms with van der Waals surface area (Å²) in [6, 6.07) is 3.38. The van der Waals surface area contributed by atoms with E-state index >= 15 is 0 Å². The predicted molar refractivity (Wildman–Crippen MR) is 145 cm³/mol. The lowest BCUT2D eigenvalue weighted by atomic mass is 9.74. The summed E-state index contributed by atoms with van der Waals surface area (Å²) in [5.74, 6) is 0.245. The Labute approximate surface area is 226 Å². The molecule has 1 atom stereocenters. The molecule has 2 aliphatic rings. The highest BCUT2D eigenvalue weighted by Gasteiger charge is 2.39. The molecule has 2 N–H and O–H groups in total. The third-order valence-corrected chi connectivity index (χ3v) is 9.71. The van der Waals surface area contributed by atoms with Crippen LogP contribution in [0, 0.1) is 5.92 Å². The molecule has 0 radical (unpaired) electrons. The third-order valence-electron chi connectivity index (χ3n) is 6.82. The van der Waals surface area contributed by atoms with Gasteiger partial charge in [0.2, 0.25) is 15.9 Å². The second-order valence-corrected chi connectivity index (χ2v) is 12.8. The maximum Gasteiger partial charge on any atom is 0.280 e. The minimum absolute atomic E-state index is 0.155. The molecule has 3 heterocycles. The molecule has 11 nitrogen and oxygen atoms in total. The Hall–Kier alpha value is -3.16. The van der Waals surface area contributed by atoms with E-state index in [0.717, 1.165) is 12.8 Å². The van der Waals surface area contributed by atoms with E-state index in [9.17, 15) is 13.2 Å². The molecule has 38 heavy (non-hydrogen) atoms. The van der Waals surface area contributed by atoms with Crippen molar-refractivity contribution in [3.05, 3.63) is 47.6 Å². The highest BCUT2D eigenvalue weighted by atomic mass is 32.2. The maximum atomic E-state index is 13.3. The number of carbonyl (C=O) groups is 1. The molecular weight excluding hydrogens is 526 g/mol. The normalized spacial score (nSPS) is 20.0. The SMILES string of the molecule is CCOc1cncc(-c2cnc(C(=O)N[C@@H](c3cc(NS(=O)(=O)C4CC4)ccn3)[C@H]3C[C@H](N(C)C)C3)s2)n1. The van der Waals surface area contributed by atoms with Crippen molar-refractivity contribution in [1.82, 2.24) is 30.2 Å². The summed E-state index contributed by atoms with van der Waals surface area (Å²) in [5.41, 5.74) is 1.65. The summed E-state index contributed by atoms with van der Waals surface area (Å²) >= 11 is 1.22. The van der Waals surface area contributed by atoms with Crippen LogP contribution in [0.5, 0.6) is 5.88 Å². The lowest BCUT2D eigenvalue weighted by Gasteiger charge is -2.43. The van der Waals surface area contributed by atoms with Crippen LogP contribution in [0.25, 0.3) is 10.6 Å². The second-order valence-electron chi connectivity index (χ2n) is 9.82. The van der Waals surface area contributed by atoms with Gasteiger partial charge < -0.3 is 15.0 Å². The van der Waals surface area contributed by atoms with Gasteiger partial charge in [0.05, 0.1) is 46.6 Å². The van der Waals surface area contributed by atoms with Crippen molar-refractivity contribution in [2.24, 2.45) is 5.92 Å². The number of amides is 1. The first kappa shape index (κ1) is 26.4. The van der Waals surface area contributed by atoms with E-state index in [1.807, 2.05) is 21.0 Å². The largest absolute Gasteiger partial charge is 0.477 e. The molecule has 0 spiro atoms. The molecule has 1 amide bonds. The van der Waals surface area contributed by atoms with Gasteiger partial charge in [0.1, 0.15) is 5.69 Å². The van der Waals surface area contributed by atoms with Crippen LogP contribution in [-0.2, 0) is 10.0 Å². The number of carbonyl (C=O) groups excluding carboxylic acids is 1. The van der Waals surface area contributed by atoms with Crippen molar-refractivity contribution >= 4 is 33.0 Å². The first-order chi connectivity index (χ1) is 18.2.